The fraction of sp³-hybridized carbons (Fsp3) is 0.579. The molecule has 2 fully saturated rings. The number of nitrogens with one attached hydrogen (secondary N) is 1. The molecule has 1 aromatic carbocycles. The van der Waals surface area contributed by atoms with E-state index in [2.05, 4.69) is 5.32 Å². The molecule has 6 heteroatoms. The lowest BCUT2D eigenvalue weighted by molar-refractivity contribution is -0.132. The Balaban J connectivity index is 1.53. The van der Waals surface area contributed by atoms with Gasteiger partial charge in [0.15, 0.2) is 17.3 Å². The van der Waals surface area contributed by atoms with Gasteiger partial charge in [-0.25, -0.2) is 4.39 Å². The summed E-state index contributed by atoms with van der Waals surface area (Å²) in [5, 5.41) is 3.56. The molecule has 1 amide bonds. The van der Waals surface area contributed by atoms with Crippen LogP contribution in [-0.4, -0.2) is 48.9 Å². The Morgan fingerprint density at radius 1 is 1.24 bits per heavy atom. The molecule has 2 bridgehead atoms. The van der Waals surface area contributed by atoms with Crippen molar-refractivity contribution in [2.24, 2.45) is 0 Å². The highest BCUT2D eigenvalue weighted by molar-refractivity contribution is 5.98. The number of ether oxygens (including phenoxy) is 1. The zero-order chi connectivity index (χ0) is 18.0. The van der Waals surface area contributed by atoms with Crippen LogP contribution in [0.2, 0.25) is 0 Å². The monoisotopic (exact) mass is 348 g/mol. The topological polar surface area (TPSA) is 58.6 Å². The van der Waals surface area contributed by atoms with Gasteiger partial charge in [0, 0.05) is 43.6 Å². The molecule has 2 unspecified atom stereocenters. The van der Waals surface area contributed by atoms with Crippen molar-refractivity contribution in [2.45, 2.75) is 56.7 Å². The molecule has 136 valence electrons. The van der Waals surface area contributed by atoms with Gasteiger partial charge < -0.3 is 15.0 Å². The van der Waals surface area contributed by atoms with Crippen LogP contribution in [0.15, 0.2) is 18.2 Å². The SMILES string of the molecule is COc1ccc(C(=O)CCC(=O)N(C)C2CC3CCC(C2)N3)cc1F. The van der Waals surface area contributed by atoms with E-state index < -0.39 is 5.82 Å². The minimum Gasteiger partial charge on any atom is -0.494 e. The molecule has 2 aliphatic heterocycles. The molecule has 3 rings (SSSR count). The average Bonchev–Trinajstić information content (AvgIpc) is 2.96. The van der Waals surface area contributed by atoms with Gasteiger partial charge in [0.1, 0.15) is 0 Å². The smallest absolute Gasteiger partial charge is 0.223 e. The summed E-state index contributed by atoms with van der Waals surface area (Å²) in [6.45, 7) is 0. The van der Waals surface area contributed by atoms with E-state index in [9.17, 15) is 14.0 Å². The Labute approximate surface area is 147 Å². The Morgan fingerprint density at radius 2 is 1.92 bits per heavy atom. The first-order valence-electron chi connectivity index (χ1n) is 8.86. The summed E-state index contributed by atoms with van der Waals surface area (Å²) in [7, 11) is 3.21. The summed E-state index contributed by atoms with van der Waals surface area (Å²) in [6, 6.07) is 5.41. The van der Waals surface area contributed by atoms with Crippen molar-refractivity contribution in [3.8, 4) is 5.75 Å². The van der Waals surface area contributed by atoms with Crippen molar-refractivity contribution in [3.63, 3.8) is 0 Å². The molecule has 1 N–H and O–H groups in total. The number of piperidine rings is 1. The van der Waals surface area contributed by atoms with Gasteiger partial charge in [-0.1, -0.05) is 0 Å². The lowest BCUT2D eigenvalue weighted by Gasteiger charge is -2.35. The van der Waals surface area contributed by atoms with Gasteiger partial charge >= 0.3 is 0 Å². The third-order valence-corrected chi connectivity index (χ3v) is 5.43. The number of nitrogens with zero attached hydrogens (tertiary/aromatic N) is 1. The maximum absolute atomic E-state index is 13.7. The van der Waals surface area contributed by atoms with E-state index in [-0.39, 0.29) is 41.9 Å². The van der Waals surface area contributed by atoms with E-state index in [1.807, 2.05) is 7.05 Å². The van der Waals surface area contributed by atoms with Gasteiger partial charge in [0.05, 0.1) is 7.11 Å². The van der Waals surface area contributed by atoms with Crippen LogP contribution in [-0.2, 0) is 4.79 Å². The van der Waals surface area contributed by atoms with Gasteiger partial charge in [0.25, 0.3) is 0 Å². The van der Waals surface area contributed by atoms with Crippen molar-refractivity contribution in [2.75, 3.05) is 14.2 Å². The molecule has 2 atom stereocenters. The van der Waals surface area contributed by atoms with Crippen LogP contribution in [0.5, 0.6) is 5.75 Å². The van der Waals surface area contributed by atoms with Gasteiger partial charge in [-0.05, 0) is 43.9 Å². The fourth-order valence-corrected chi connectivity index (χ4v) is 3.93. The number of rotatable bonds is 6. The van der Waals surface area contributed by atoms with Crippen LogP contribution in [0.4, 0.5) is 4.39 Å². The summed E-state index contributed by atoms with van der Waals surface area (Å²) in [6.07, 6.45) is 4.58. The highest BCUT2D eigenvalue weighted by Crippen LogP contribution is 2.29. The molecular weight excluding hydrogens is 323 g/mol. The first-order valence-corrected chi connectivity index (χ1v) is 8.86. The summed E-state index contributed by atoms with van der Waals surface area (Å²) < 4.78 is 18.5. The first-order chi connectivity index (χ1) is 12.0. The van der Waals surface area contributed by atoms with E-state index in [1.54, 1.807) is 4.90 Å². The molecule has 0 saturated carbocycles. The van der Waals surface area contributed by atoms with Crippen LogP contribution in [0.25, 0.3) is 0 Å². The molecule has 1 aromatic rings. The number of benzene rings is 1. The van der Waals surface area contributed by atoms with Crippen LogP contribution < -0.4 is 10.1 Å². The van der Waals surface area contributed by atoms with Gasteiger partial charge in [0.2, 0.25) is 5.91 Å². The minimum absolute atomic E-state index is 0.0198. The zero-order valence-electron chi connectivity index (χ0n) is 14.8. The van der Waals surface area contributed by atoms with Gasteiger partial charge in [-0.2, -0.15) is 0 Å². The van der Waals surface area contributed by atoms with Crippen molar-refractivity contribution in [1.82, 2.24) is 10.2 Å². The number of methoxy groups -OCH3 is 1. The number of carbonyl (C=O) groups excluding carboxylic acids is 2. The highest BCUT2D eigenvalue weighted by atomic mass is 19.1. The Bertz CT molecular complexity index is 652. The number of ketones is 1. The molecule has 0 spiro atoms. The molecule has 2 aliphatic rings. The fourth-order valence-electron chi connectivity index (χ4n) is 3.93. The quantitative estimate of drug-likeness (QED) is 0.803. The predicted octanol–water partition coefficient (Wildman–Crippen LogP) is 2.54. The van der Waals surface area contributed by atoms with E-state index in [4.69, 9.17) is 4.74 Å². The number of fused-ring (bicyclic) bond motifs is 2. The number of amides is 1. The Hall–Kier alpha value is -1.95. The zero-order valence-corrected chi connectivity index (χ0v) is 14.8. The normalized spacial score (nSPS) is 24.8. The second kappa shape index (κ2) is 7.52. The van der Waals surface area contributed by atoms with Crippen molar-refractivity contribution in [3.05, 3.63) is 29.6 Å². The van der Waals surface area contributed by atoms with E-state index in [0.29, 0.717) is 12.1 Å². The second-order valence-corrected chi connectivity index (χ2v) is 7.04. The van der Waals surface area contributed by atoms with Crippen LogP contribution >= 0.6 is 0 Å². The van der Waals surface area contributed by atoms with E-state index in [1.165, 1.54) is 38.2 Å². The van der Waals surface area contributed by atoms with Crippen LogP contribution in [0.3, 0.4) is 0 Å². The Morgan fingerprint density at radius 3 is 2.52 bits per heavy atom. The van der Waals surface area contributed by atoms with E-state index >= 15 is 0 Å². The average molecular weight is 348 g/mol. The predicted molar refractivity (Wildman–Crippen MR) is 92.3 cm³/mol. The molecular formula is C19H25FN2O3. The van der Waals surface area contributed by atoms with Crippen LogP contribution in [0.1, 0.15) is 48.9 Å². The third-order valence-electron chi connectivity index (χ3n) is 5.43. The second-order valence-electron chi connectivity index (χ2n) is 7.04. The first kappa shape index (κ1) is 17.9. The van der Waals surface area contributed by atoms with Crippen LogP contribution in [0, 0.1) is 5.82 Å². The van der Waals surface area contributed by atoms with Crippen molar-refractivity contribution in [1.29, 1.82) is 0 Å². The highest BCUT2D eigenvalue weighted by Gasteiger charge is 2.36. The molecule has 0 aliphatic carbocycles. The maximum atomic E-state index is 13.7. The van der Waals surface area contributed by atoms with Crippen molar-refractivity contribution >= 4 is 11.7 Å². The summed E-state index contributed by atoms with van der Waals surface area (Å²) in [5.74, 6) is -0.711. The standard InChI is InChI=1S/C19H25FN2O3/c1-22(15-10-13-4-5-14(11-15)21-13)19(24)8-6-17(23)12-3-7-18(25-2)16(20)9-12/h3,7,9,13-15,21H,4-6,8,10-11H2,1-2H3. The van der Waals surface area contributed by atoms with Crippen molar-refractivity contribution < 1.29 is 18.7 Å². The summed E-state index contributed by atoms with van der Waals surface area (Å²) >= 11 is 0. The number of hydrogen-bond donors (Lipinski definition) is 1. The van der Waals surface area contributed by atoms with Gasteiger partial charge in [-0.15, -0.1) is 0 Å². The number of carbonyl (C=O) groups is 2. The molecule has 2 heterocycles. The molecule has 0 radical (unpaired) electrons. The molecule has 5 nitrogen and oxygen atoms in total. The molecule has 25 heavy (non-hydrogen) atoms. The largest absolute Gasteiger partial charge is 0.494 e. The lowest BCUT2D eigenvalue weighted by atomic mass is 9.98. The number of halogens is 1. The molecule has 0 aromatic heterocycles. The third kappa shape index (κ3) is 4.00. The minimum atomic E-state index is -0.568. The Kier molecular flexibility index (Phi) is 5.37. The lowest BCUT2D eigenvalue weighted by Crippen LogP contribution is -2.48. The summed E-state index contributed by atoms with van der Waals surface area (Å²) in [4.78, 5) is 26.5. The van der Waals surface area contributed by atoms with Gasteiger partial charge in [-0.3, -0.25) is 9.59 Å². The number of hydrogen-bond acceptors (Lipinski definition) is 4. The number of Topliss-reactive ketones (excluding diaryl/α,β-unsaturated/α-hetero) is 1. The maximum Gasteiger partial charge on any atom is 0.223 e. The molecule has 2 saturated heterocycles. The summed E-state index contributed by atoms with van der Waals surface area (Å²) in [5.41, 5.74) is 0.272. The van der Waals surface area contributed by atoms with E-state index in [0.717, 1.165) is 12.8 Å².